The smallest absolute Gasteiger partial charge is 0.248 e. The quantitative estimate of drug-likeness (QED) is 0.772. The highest BCUT2D eigenvalue weighted by molar-refractivity contribution is 9.10. The largest absolute Gasteiger partial charge is 0.367 e. The summed E-state index contributed by atoms with van der Waals surface area (Å²) >= 11 is 5.04. The maximum atomic E-state index is 12.3. The zero-order valence-corrected chi connectivity index (χ0v) is 15.8. The maximum absolute atomic E-state index is 12.3. The molecule has 7 heteroatoms. The maximum Gasteiger partial charge on any atom is 0.248 e. The van der Waals surface area contributed by atoms with Gasteiger partial charge in [-0.2, -0.15) is 0 Å². The number of thiophene rings is 1. The lowest BCUT2D eigenvalue weighted by atomic mass is 10.2. The molecule has 25 heavy (non-hydrogen) atoms. The fourth-order valence-electron chi connectivity index (χ4n) is 2.49. The number of morpholine rings is 1. The van der Waals surface area contributed by atoms with Crippen molar-refractivity contribution in [2.45, 2.75) is 6.10 Å². The summed E-state index contributed by atoms with van der Waals surface area (Å²) in [5.41, 5.74) is 6.38. The fourth-order valence-corrected chi connectivity index (χ4v) is 3.67. The summed E-state index contributed by atoms with van der Waals surface area (Å²) in [6.45, 7) is 0.981. The van der Waals surface area contributed by atoms with E-state index in [4.69, 9.17) is 10.5 Å². The number of nitrogens with zero attached hydrogens (tertiary/aromatic N) is 1. The van der Waals surface area contributed by atoms with Crippen molar-refractivity contribution < 1.29 is 14.3 Å². The van der Waals surface area contributed by atoms with Crippen molar-refractivity contribution >= 4 is 45.2 Å². The molecule has 2 amide bonds. The van der Waals surface area contributed by atoms with Gasteiger partial charge in [0.05, 0.1) is 13.2 Å². The van der Waals surface area contributed by atoms with Crippen LogP contribution >= 0.6 is 27.3 Å². The Balaban J connectivity index is 1.65. The van der Waals surface area contributed by atoms with Crippen LogP contribution in [0.5, 0.6) is 0 Å². The van der Waals surface area contributed by atoms with Crippen LogP contribution in [0.3, 0.4) is 0 Å². The van der Waals surface area contributed by atoms with Gasteiger partial charge in [-0.15, -0.1) is 11.3 Å². The van der Waals surface area contributed by atoms with Crippen LogP contribution in [0.25, 0.3) is 16.5 Å². The molecule has 1 aliphatic rings. The number of rotatable bonds is 4. The summed E-state index contributed by atoms with van der Waals surface area (Å²) in [6.07, 6.45) is 2.60. The molecule has 0 radical (unpaired) electrons. The van der Waals surface area contributed by atoms with Gasteiger partial charge in [-0.1, -0.05) is 28.1 Å². The minimum atomic E-state index is -0.725. The van der Waals surface area contributed by atoms with Crippen LogP contribution < -0.4 is 5.73 Å². The Kier molecular flexibility index (Phi) is 5.67. The molecule has 0 aliphatic carbocycles. The third-order valence-electron chi connectivity index (χ3n) is 3.84. The van der Waals surface area contributed by atoms with Crippen LogP contribution in [0.2, 0.25) is 0 Å². The molecule has 1 aliphatic heterocycles. The first kappa shape index (κ1) is 17.8. The SMILES string of the molecule is NC(=O)C1CN(C(=O)/C=C/c2ccc(-c3ccc(Br)cc3)s2)CCO1. The summed E-state index contributed by atoms with van der Waals surface area (Å²) in [7, 11) is 0. The van der Waals surface area contributed by atoms with Gasteiger partial charge in [0.15, 0.2) is 6.10 Å². The third kappa shape index (κ3) is 4.56. The second-order valence-corrected chi connectivity index (χ2v) is 7.62. The molecule has 1 atom stereocenters. The van der Waals surface area contributed by atoms with Crippen molar-refractivity contribution in [2.24, 2.45) is 5.73 Å². The van der Waals surface area contributed by atoms with Gasteiger partial charge in [0.2, 0.25) is 11.8 Å². The van der Waals surface area contributed by atoms with E-state index in [0.29, 0.717) is 13.2 Å². The van der Waals surface area contributed by atoms with Gasteiger partial charge >= 0.3 is 0 Å². The summed E-state index contributed by atoms with van der Waals surface area (Å²) in [5.74, 6) is -0.688. The van der Waals surface area contributed by atoms with E-state index in [1.807, 2.05) is 36.4 Å². The van der Waals surface area contributed by atoms with E-state index in [-0.39, 0.29) is 12.5 Å². The topological polar surface area (TPSA) is 72.6 Å². The Bertz CT molecular complexity index is 801. The third-order valence-corrected chi connectivity index (χ3v) is 5.47. The van der Waals surface area contributed by atoms with Gasteiger partial charge < -0.3 is 15.4 Å². The van der Waals surface area contributed by atoms with Crippen LogP contribution in [0, 0.1) is 0 Å². The molecule has 0 spiro atoms. The van der Waals surface area contributed by atoms with Gasteiger partial charge in [-0.25, -0.2) is 0 Å². The molecule has 1 unspecified atom stereocenters. The van der Waals surface area contributed by atoms with E-state index in [1.54, 1.807) is 22.3 Å². The first-order valence-corrected chi connectivity index (χ1v) is 9.37. The summed E-state index contributed by atoms with van der Waals surface area (Å²) in [6, 6.07) is 12.1. The van der Waals surface area contributed by atoms with Crippen molar-refractivity contribution in [2.75, 3.05) is 19.7 Å². The van der Waals surface area contributed by atoms with E-state index in [0.717, 1.165) is 19.8 Å². The summed E-state index contributed by atoms with van der Waals surface area (Å²) < 4.78 is 6.29. The Morgan fingerprint density at radius 3 is 2.72 bits per heavy atom. The van der Waals surface area contributed by atoms with Gasteiger partial charge in [-0.3, -0.25) is 9.59 Å². The lowest BCUT2D eigenvalue weighted by Crippen LogP contribution is -2.50. The predicted molar refractivity (Wildman–Crippen MR) is 102 cm³/mol. The van der Waals surface area contributed by atoms with Crippen molar-refractivity contribution in [3.63, 3.8) is 0 Å². The van der Waals surface area contributed by atoms with Gasteiger partial charge in [-0.05, 0) is 35.9 Å². The normalized spacial score (nSPS) is 17.8. The van der Waals surface area contributed by atoms with Crippen LogP contribution in [-0.2, 0) is 14.3 Å². The molecule has 1 fully saturated rings. The molecular weight excluding hydrogens is 404 g/mol. The lowest BCUT2D eigenvalue weighted by Gasteiger charge is -2.30. The average molecular weight is 421 g/mol. The number of amides is 2. The average Bonchev–Trinajstić information content (AvgIpc) is 3.09. The number of halogens is 1. The van der Waals surface area contributed by atoms with Crippen molar-refractivity contribution in [1.82, 2.24) is 4.90 Å². The number of carbonyl (C=O) groups is 2. The van der Waals surface area contributed by atoms with E-state index in [2.05, 4.69) is 15.9 Å². The van der Waals surface area contributed by atoms with Crippen LogP contribution in [0.4, 0.5) is 0 Å². The summed E-state index contributed by atoms with van der Waals surface area (Å²) in [4.78, 5) is 27.2. The standard InChI is InChI=1S/C18H17BrN2O3S/c19-13-3-1-12(2-4-13)16-7-5-14(25-16)6-8-17(22)21-9-10-24-15(11-21)18(20)23/h1-8,15H,9-11H2,(H2,20,23)/b8-6+. The molecule has 3 rings (SSSR count). The molecular formula is C18H17BrN2O3S. The molecule has 5 nitrogen and oxygen atoms in total. The number of nitrogens with two attached hydrogens (primary N) is 1. The molecule has 1 saturated heterocycles. The van der Waals surface area contributed by atoms with Crippen molar-refractivity contribution in [3.8, 4) is 10.4 Å². The number of primary amides is 1. The van der Waals surface area contributed by atoms with Gasteiger partial charge in [0.1, 0.15) is 0 Å². The molecule has 2 aromatic rings. The molecule has 0 bridgehead atoms. The van der Waals surface area contributed by atoms with Gasteiger partial charge in [0.25, 0.3) is 0 Å². The number of hydrogen-bond donors (Lipinski definition) is 1. The molecule has 1 aromatic heterocycles. The van der Waals surface area contributed by atoms with E-state index >= 15 is 0 Å². The first-order valence-electron chi connectivity index (χ1n) is 7.76. The molecule has 1 aromatic carbocycles. The molecule has 2 N–H and O–H groups in total. The van der Waals surface area contributed by atoms with E-state index in [1.165, 1.54) is 6.08 Å². The lowest BCUT2D eigenvalue weighted by molar-refractivity contribution is -0.142. The zero-order chi connectivity index (χ0) is 17.8. The van der Waals surface area contributed by atoms with E-state index in [9.17, 15) is 9.59 Å². The number of ether oxygens (including phenoxy) is 1. The fraction of sp³-hybridized carbons (Fsp3) is 0.222. The number of benzene rings is 1. The van der Waals surface area contributed by atoms with Crippen LogP contribution in [0.1, 0.15) is 4.88 Å². The minimum absolute atomic E-state index is 0.145. The first-order chi connectivity index (χ1) is 12.0. The highest BCUT2D eigenvalue weighted by Crippen LogP contribution is 2.29. The Labute approximate surface area is 158 Å². The zero-order valence-electron chi connectivity index (χ0n) is 13.4. The Morgan fingerprint density at radius 1 is 1.24 bits per heavy atom. The highest BCUT2D eigenvalue weighted by atomic mass is 79.9. The number of hydrogen-bond acceptors (Lipinski definition) is 4. The number of carbonyl (C=O) groups excluding carboxylic acids is 2. The second-order valence-electron chi connectivity index (χ2n) is 5.59. The molecule has 130 valence electrons. The highest BCUT2D eigenvalue weighted by Gasteiger charge is 2.26. The predicted octanol–water partition coefficient (Wildman–Crippen LogP) is 2.90. The minimum Gasteiger partial charge on any atom is -0.367 e. The van der Waals surface area contributed by atoms with Crippen LogP contribution in [-0.4, -0.2) is 42.5 Å². The van der Waals surface area contributed by atoms with Crippen LogP contribution in [0.15, 0.2) is 46.9 Å². The summed E-state index contributed by atoms with van der Waals surface area (Å²) in [5, 5.41) is 0. The molecule has 2 heterocycles. The second kappa shape index (κ2) is 7.95. The van der Waals surface area contributed by atoms with E-state index < -0.39 is 12.0 Å². The molecule has 0 saturated carbocycles. The Morgan fingerprint density at radius 2 is 2.00 bits per heavy atom. The van der Waals surface area contributed by atoms with Crippen molar-refractivity contribution in [3.05, 3.63) is 51.8 Å². The van der Waals surface area contributed by atoms with Gasteiger partial charge in [0, 0.05) is 26.8 Å². The van der Waals surface area contributed by atoms with Crippen molar-refractivity contribution in [1.29, 1.82) is 0 Å². The monoisotopic (exact) mass is 420 g/mol. The Hall–Kier alpha value is -1.96.